The predicted octanol–water partition coefficient (Wildman–Crippen LogP) is 2.65. The van der Waals surface area contributed by atoms with Crippen molar-refractivity contribution < 1.29 is 9.90 Å². The Morgan fingerprint density at radius 1 is 1.24 bits per heavy atom. The minimum atomic E-state index is -1.06. The molecule has 6 nitrogen and oxygen atoms in total. The van der Waals surface area contributed by atoms with Gasteiger partial charge in [0.1, 0.15) is 5.65 Å². The van der Waals surface area contributed by atoms with Crippen LogP contribution in [0.3, 0.4) is 0 Å². The van der Waals surface area contributed by atoms with Crippen molar-refractivity contribution in [3.63, 3.8) is 0 Å². The van der Waals surface area contributed by atoms with Gasteiger partial charge in [0.15, 0.2) is 11.5 Å². The average molecular weight is 278 g/mol. The van der Waals surface area contributed by atoms with E-state index < -0.39 is 5.97 Å². The van der Waals surface area contributed by atoms with Gasteiger partial charge < -0.3 is 10.4 Å². The summed E-state index contributed by atoms with van der Waals surface area (Å²) in [6.45, 7) is 0. The van der Waals surface area contributed by atoms with Gasteiger partial charge in [0, 0.05) is 11.9 Å². The second-order valence-electron chi connectivity index (χ2n) is 4.36. The van der Waals surface area contributed by atoms with Gasteiger partial charge in [-0.05, 0) is 36.4 Å². The van der Waals surface area contributed by atoms with Gasteiger partial charge in [0.25, 0.3) is 0 Å². The van der Waals surface area contributed by atoms with Crippen LogP contribution >= 0.6 is 0 Å². The Morgan fingerprint density at radius 3 is 2.67 bits per heavy atom. The number of carbonyl (C=O) groups is 1. The Bertz CT molecular complexity index is 860. The molecule has 6 heteroatoms. The highest BCUT2D eigenvalue weighted by atomic mass is 16.4. The van der Waals surface area contributed by atoms with E-state index in [4.69, 9.17) is 5.26 Å². The van der Waals surface area contributed by atoms with Crippen LogP contribution in [0.15, 0.2) is 48.7 Å². The maximum Gasteiger partial charge on any atom is 0.356 e. The smallest absolute Gasteiger partial charge is 0.356 e. The maximum atomic E-state index is 11.4. The van der Waals surface area contributed by atoms with E-state index in [-0.39, 0.29) is 11.5 Å². The first-order valence-electron chi connectivity index (χ1n) is 6.16. The second kappa shape index (κ2) is 4.98. The van der Waals surface area contributed by atoms with Crippen LogP contribution in [0.1, 0.15) is 16.1 Å². The van der Waals surface area contributed by atoms with E-state index in [1.54, 1.807) is 48.7 Å². The van der Waals surface area contributed by atoms with Crippen molar-refractivity contribution in [2.75, 3.05) is 5.32 Å². The number of fused-ring (bicyclic) bond motifs is 1. The van der Waals surface area contributed by atoms with E-state index in [2.05, 4.69) is 10.3 Å². The van der Waals surface area contributed by atoms with Gasteiger partial charge in [-0.25, -0.2) is 9.78 Å². The highest BCUT2D eigenvalue weighted by molar-refractivity contribution is 5.93. The third kappa shape index (κ3) is 2.28. The van der Waals surface area contributed by atoms with Crippen LogP contribution in [0.25, 0.3) is 5.65 Å². The van der Waals surface area contributed by atoms with Crippen LogP contribution < -0.4 is 5.32 Å². The van der Waals surface area contributed by atoms with Crippen LogP contribution in [-0.4, -0.2) is 20.5 Å². The Kier molecular flexibility index (Phi) is 3.01. The molecular weight excluding hydrogens is 268 g/mol. The molecule has 1 aromatic carbocycles. The Hall–Kier alpha value is -3.33. The molecule has 3 aromatic rings. The minimum absolute atomic E-state index is 0.0648. The molecule has 0 aliphatic rings. The summed E-state index contributed by atoms with van der Waals surface area (Å²) in [5.74, 6) is -0.803. The summed E-state index contributed by atoms with van der Waals surface area (Å²) in [6, 6.07) is 14.0. The Morgan fingerprint density at radius 2 is 2.00 bits per heavy atom. The molecule has 0 spiro atoms. The lowest BCUT2D eigenvalue weighted by molar-refractivity contribution is 0.0690. The molecule has 0 radical (unpaired) electrons. The summed E-state index contributed by atoms with van der Waals surface area (Å²) < 4.78 is 1.51. The number of nitrogens with zero attached hydrogens (tertiary/aromatic N) is 3. The standard InChI is InChI=1S/C15H10N4O2/c16-9-10-4-6-11(7-5-10)17-14-13(15(20)21)19-8-2-1-3-12(19)18-14/h1-8,17H,(H,20,21). The zero-order valence-electron chi connectivity index (χ0n) is 10.8. The van der Waals surface area contributed by atoms with Gasteiger partial charge in [-0.1, -0.05) is 6.07 Å². The summed E-state index contributed by atoms with van der Waals surface area (Å²) in [6.07, 6.45) is 1.65. The first kappa shape index (κ1) is 12.7. The monoisotopic (exact) mass is 278 g/mol. The fraction of sp³-hybridized carbons (Fsp3) is 0. The molecule has 0 saturated heterocycles. The van der Waals surface area contributed by atoms with E-state index in [1.807, 2.05) is 6.07 Å². The molecule has 102 valence electrons. The molecule has 0 amide bonds. The SMILES string of the molecule is N#Cc1ccc(Nc2nc3ccccn3c2C(=O)O)cc1. The van der Waals surface area contributed by atoms with Crippen molar-refractivity contribution in [3.05, 3.63) is 59.9 Å². The first-order valence-corrected chi connectivity index (χ1v) is 6.16. The van der Waals surface area contributed by atoms with Crippen molar-refractivity contribution in [3.8, 4) is 6.07 Å². The van der Waals surface area contributed by atoms with Gasteiger partial charge in [-0.2, -0.15) is 5.26 Å². The average Bonchev–Trinajstić information content (AvgIpc) is 2.86. The predicted molar refractivity (Wildman–Crippen MR) is 76.6 cm³/mol. The lowest BCUT2D eigenvalue weighted by atomic mass is 10.2. The quantitative estimate of drug-likeness (QED) is 0.768. The molecule has 0 atom stereocenters. The fourth-order valence-electron chi connectivity index (χ4n) is 2.05. The topological polar surface area (TPSA) is 90.4 Å². The summed E-state index contributed by atoms with van der Waals surface area (Å²) in [7, 11) is 0. The number of hydrogen-bond acceptors (Lipinski definition) is 4. The van der Waals surface area contributed by atoms with Crippen LogP contribution in [0.2, 0.25) is 0 Å². The van der Waals surface area contributed by atoms with Crippen molar-refractivity contribution in [1.29, 1.82) is 5.26 Å². The summed E-state index contributed by atoms with van der Waals surface area (Å²) in [5, 5.41) is 21.1. The van der Waals surface area contributed by atoms with Crippen molar-refractivity contribution in [2.45, 2.75) is 0 Å². The Labute approximate surface area is 119 Å². The van der Waals surface area contributed by atoms with E-state index in [0.717, 1.165) is 0 Å². The van der Waals surface area contributed by atoms with E-state index in [0.29, 0.717) is 16.9 Å². The number of benzene rings is 1. The second-order valence-corrected chi connectivity index (χ2v) is 4.36. The van der Waals surface area contributed by atoms with Crippen molar-refractivity contribution in [2.24, 2.45) is 0 Å². The van der Waals surface area contributed by atoms with Gasteiger partial charge in [-0.15, -0.1) is 0 Å². The Balaban J connectivity index is 2.05. The minimum Gasteiger partial charge on any atom is -0.476 e. The molecule has 0 unspecified atom stereocenters. The number of imidazole rings is 1. The van der Waals surface area contributed by atoms with Gasteiger partial charge >= 0.3 is 5.97 Å². The molecule has 0 fully saturated rings. The number of anilines is 2. The zero-order chi connectivity index (χ0) is 14.8. The van der Waals surface area contributed by atoms with Crippen LogP contribution in [0, 0.1) is 11.3 Å². The third-order valence-corrected chi connectivity index (χ3v) is 3.01. The number of pyridine rings is 1. The largest absolute Gasteiger partial charge is 0.476 e. The summed E-state index contributed by atoms with van der Waals surface area (Å²) >= 11 is 0. The molecule has 0 aliphatic heterocycles. The maximum absolute atomic E-state index is 11.4. The molecular formula is C15H10N4O2. The van der Waals surface area contributed by atoms with Crippen molar-refractivity contribution >= 4 is 23.1 Å². The van der Waals surface area contributed by atoms with Crippen LogP contribution in [-0.2, 0) is 0 Å². The van der Waals surface area contributed by atoms with E-state index in [9.17, 15) is 9.90 Å². The number of carboxylic acids is 1. The van der Waals surface area contributed by atoms with Gasteiger partial charge in [0.2, 0.25) is 0 Å². The highest BCUT2D eigenvalue weighted by Crippen LogP contribution is 2.22. The highest BCUT2D eigenvalue weighted by Gasteiger charge is 2.18. The molecule has 2 N–H and O–H groups in total. The number of nitrogens with one attached hydrogen (secondary N) is 1. The molecule has 2 aromatic heterocycles. The number of nitriles is 1. The molecule has 0 aliphatic carbocycles. The lowest BCUT2D eigenvalue weighted by Crippen LogP contribution is -2.05. The molecule has 3 rings (SSSR count). The summed E-state index contributed by atoms with van der Waals surface area (Å²) in [5.41, 5.74) is 1.81. The number of rotatable bonds is 3. The molecule has 21 heavy (non-hydrogen) atoms. The van der Waals surface area contributed by atoms with E-state index in [1.165, 1.54) is 4.40 Å². The molecule has 0 bridgehead atoms. The molecule has 0 saturated carbocycles. The number of aromatic nitrogens is 2. The number of carboxylic acid groups (broad SMARTS) is 1. The van der Waals surface area contributed by atoms with Gasteiger partial charge in [-0.3, -0.25) is 4.40 Å². The fourth-order valence-corrected chi connectivity index (χ4v) is 2.05. The normalized spacial score (nSPS) is 10.2. The first-order chi connectivity index (χ1) is 10.2. The molecule has 2 heterocycles. The van der Waals surface area contributed by atoms with Gasteiger partial charge in [0.05, 0.1) is 11.6 Å². The van der Waals surface area contributed by atoms with E-state index >= 15 is 0 Å². The van der Waals surface area contributed by atoms with Crippen LogP contribution in [0.5, 0.6) is 0 Å². The number of aromatic carboxylic acids is 1. The summed E-state index contributed by atoms with van der Waals surface area (Å²) in [4.78, 5) is 15.7. The number of hydrogen-bond donors (Lipinski definition) is 2. The lowest BCUT2D eigenvalue weighted by Gasteiger charge is -2.04. The zero-order valence-corrected chi connectivity index (χ0v) is 10.8. The third-order valence-electron chi connectivity index (χ3n) is 3.01. The van der Waals surface area contributed by atoms with Crippen LogP contribution in [0.4, 0.5) is 11.5 Å². The van der Waals surface area contributed by atoms with Crippen molar-refractivity contribution in [1.82, 2.24) is 9.38 Å².